The molecule has 0 atom stereocenters. The third-order valence-corrected chi connectivity index (χ3v) is 4.12. The van der Waals surface area contributed by atoms with E-state index in [9.17, 15) is 10.1 Å². The number of fused-ring (bicyclic) bond motifs is 1. The SMILES string of the molecule is CCCc1nc2ccc(Br)cn2c1C(=O)Nc1ccccc1C#N. The Hall–Kier alpha value is -2.65. The molecule has 1 N–H and O–H groups in total. The number of benzene rings is 1. The molecule has 24 heavy (non-hydrogen) atoms. The van der Waals surface area contributed by atoms with Crippen molar-refractivity contribution >= 4 is 33.2 Å². The highest BCUT2D eigenvalue weighted by Gasteiger charge is 2.19. The van der Waals surface area contributed by atoms with Crippen LogP contribution >= 0.6 is 15.9 Å². The lowest BCUT2D eigenvalue weighted by Crippen LogP contribution is -2.17. The van der Waals surface area contributed by atoms with Gasteiger partial charge in [0.05, 0.1) is 16.9 Å². The maximum absolute atomic E-state index is 12.9. The molecule has 0 aliphatic heterocycles. The molecular formula is C18H15BrN4O. The zero-order valence-electron chi connectivity index (χ0n) is 13.1. The van der Waals surface area contributed by atoms with Gasteiger partial charge in [0.25, 0.3) is 5.91 Å². The Bertz CT molecular complexity index is 955. The Labute approximate surface area is 148 Å². The maximum Gasteiger partial charge on any atom is 0.274 e. The van der Waals surface area contributed by atoms with E-state index in [1.165, 1.54) is 0 Å². The van der Waals surface area contributed by atoms with E-state index in [0.29, 0.717) is 23.4 Å². The second-order valence-electron chi connectivity index (χ2n) is 5.34. The number of halogens is 1. The number of carbonyl (C=O) groups is 1. The molecule has 3 aromatic rings. The topological polar surface area (TPSA) is 70.2 Å². The smallest absolute Gasteiger partial charge is 0.274 e. The number of anilines is 1. The van der Waals surface area contributed by atoms with Gasteiger partial charge in [-0.15, -0.1) is 0 Å². The number of para-hydroxylation sites is 1. The number of hydrogen-bond acceptors (Lipinski definition) is 3. The Morgan fingerprint density at radius 3 is 2.88 bits per heavy atom. The van der Waals surface area contributed by atoms with Gasteiger partial charge in [0.15, 0.2) is 0 Å². The van der Waals surface area contributed by atoms with E-state index in [1.807, 2.05) is 25.3 Å². The normalized spacial score (nSPS) is 10.5. The van der Waals surface area contributed by atoms with Crippen LogP contribution in [0, 0.1) is 11.3 Å². The first-order valence-corrected chi connectivity index (χ1v) is 8.40. The summed E-state index contributed by atoms with van der Waals surface area (Å²) >= 11 is 3.43. The lowest BCUT2D eigenvalue weighted by molar-refractivity contribution is 0.102. The minimum Gasteiger partial charge on any atom is -0.319 e. The van der Waals surface area contributed by atoms with E-state index in [1.54, 1.807) is 28.7 Å². The van der Waals surface area contributed by atoms with Crippen LogP contribution in [0.4, 0.5) is 5.69 Å². The number of nitriles is 1. The van der Waals surface area contributed by atoms with Crippen molar-refractivity contribution in [1.82, 2.24) is 9.38 Å². The van der Waals surface area contributed by atoms with E-state index in [2.05, 4.69) is 32.3 Å². The first kappa shape index (κ1) is 16.2. The van der Waals surface area contributed by atoms with Crippen LogP contribution in [0.15, 0.2) is 47.1 Å². The molecule has 3 rings (SSSR count). The predicted octanol–water partition coefficient (Wildman–Crippen LogP) is 4.17. The van der Waals surface area contributed by atoms with Crippen LogP contribution in [-0.2, 0) is 6.42 Å². The molecule has 6 heteroatoms. The molecule has 0 aliphatic rings. The molecule has 1 amide bonds. The van der Waals surface area contributed by atoms with Crippen molar-refractivity contribution in [1.29, 1.82) is 5.26 Å². The Morgan fingerprint density at radius 1 is 1.33 bits per heavy atom. The third kappa shape index (κ3) is 3.03. The average molecular weight is 383 g/mol. The first-order valence-electron chi connectivity index (χ1n) is 7.61. The monoisotopic (exact) mass is 382 g/mol. The van der Waals surface area contributed by atoms with Crippen LogP contribution in [0.2, 0.25) is 0 Å². The summed E-state index contributed by atoms with van der Waals surface area (Å²) in [6.45, 7) is 2.05. The quantitative estimate of drug-likeness (QED) is 0.735. The largest absolute Gasteiger partial charge is 0.319 e. The van der Waals surface area contributed by atoms with Crippen molar-refractivity contribution in [3.63, 3.8) is 0 Å². The highest BCUT2D eigenvalue weighted by molar-refractivity contribution is 9.10. The van der Waals surface area contributed by atoms with Crippen molar-refractivity contribution in [3.8, 4) is 6.07 Å². The van der Waals surface area contributed by atoms with Gasteiger partial charge in [-0.05, 0) is 46.6 Å². The molecule has 2 heterocycles. The minimum atomic E-state index is -0.272. The minimum absolute atomic E-state index is 0.272. The lowest BCUT2D eigenvalue weighted by Gasteiger charge is -2.08. The second kappa shape index (κ2) is 6.85. The van der Waals surface area contributed by atoms with Gasteiger partial charge in [-0.25, -0.2) is 4.98 Å². The molecule has 0 saturated carbocycles. The molecule has 120 valence electrons. The fourth-order valence-electron chi connectivity index (χ4n) is 2.59. The molecular weight excluding hydrogens is 368 g/mol. The van der Waals surface area contributed by atoms with Crippen LogP contribution < -0.4 is 5.32 Å². The number of hydrogen-bond donors (Lipinski definition) is 1. The highest BCUT2D eigenvalue weighted by atomic mass is 79.9. The number of nitrogens with one attached hydrogen (secondary N) is 1. The summed E-state index contributed by atoms with van der Waals surface area (Å²) in [5, 5.41) is 12.0. The summed E-state index contributed by atoms with van der Waals surface area (Å²) in [5.74, 6) is -0.272. The number of pyridine rings is 1. The summed E-state index contributed by atoms with van der Waals surface area (Å²) in [7, 11) is 0. The number of amides is 1. The molecule has 0 aliphatic carbocycles. The van der Waals surface area contributed by atoms with Crippen molar-refractivity contribution in [2.75, 3.05) is 5.32 Å². The predicted molar refractivity (Wildman–Crippen MR) is 96.0 cm³/mol. The molecule has 0 fully saturated rings. The molecule has 0 saturated heterocycles. The molecule has 1 aromatic carbocycles. The van der Waals surface area contributed by atoms with Crippen molar-refractivity contribution < 1.29 is 4.79 Å². The van der Waals surface area contributed by atoms with Crippen LogP contribution in [0.25, 0.3) is 5.65 Å². The fraction of sp³-hybridized carbons (Fsp3) is 0.167. The van der Waals surface area contributed by atoms with E-state index < -0.39 is 0 Å². The lowest BCUT2D eigenvalue weighted by atomic mass is 10.1. The van der Waals surface area contributed by atoms with Gasteiger partial charge in [0, 0.05) is 10.7 Å². The molecule has 0 spiro atoms. The molecule has 2 aromatic heterocycles. The van der Waals surface area contributed by atoms with E-state index >= 15 is 0 Å². The third-order valence-electron chi connectivity index (χ3n) is 3.65. The van der Waals surface area contributed by atoms with Gasteiger partial charge in [-0.3, -0.25) is 9.20 Å². The number of imidazole rings is 1. The van der Waals surface area contributed by atoms with Crippen LogP contribution in [0.1, 0.15) is 35.1 Å². The summed E-state index contributed by atoms with van der Waals surface area (Å²) in [4.78, 5) is 17.4. The number of aryl methyl sites for hydroxylation is 1. The summed E-state index contributed by atoms with van der Waals surface area (Å²) in [5.41, 5.74) is 2.90. The molecule has 5 nitrogen and oxygen atoms in total. The Kier molecular flexibility index (Phi) is 4.63. The van der Waals surface area contributed by atoms with Crippen molar-refractivity contribution in [2.24, 2.45) is 0 Å². The zero-order chi connectivity index (χ0) is 17.1. The fourth-order valence-corrected chi connectivity index (χ4v) is 2.93. The summed E-state index contributed by atoms with van der Waals surface area (Å²) in [6, 6.07) is 12.8. The highest BCUT2D eigenvalue weighted by Crippen LogP contribution is 2.21. The number of rotatable bonds is 4. The number of nitrogens with zero attached hydrogens (tertiary/aromatic N) is 3. The standard InChI is InChI=1S/C18H15BrN4O/c1-2-5-15-17(23-11-13(19)8-9-16(23)21-15)18(24)22-14-7-4-3-6-12(14)10-20/h3-4,6-9,11H,2,5H2,1H3,(H,22,24). The summed E-state index contributed by atoms with van der Waals surface area (Å²) < 4.78 is 2.64. The van der Waals surface area contributed by atoms with Gasteiger partial charge >= 0.3 is 0 Å². The molecule has 0 unspecified atom stereocenters. The maximum atomic E-state index is 12.9. The second-order valence-corrected chi connectivity index (χ2v) is 6.26. The van der Waals surface area contributed by atoms with Gasteiger partial charge in [0.2, 0.25) is 0 Å². The zero-order valence-corrected chi connectivity index (χ0v) is 14.7. The molecule has 0 bridgehead atoms. The Balaban J connectivity index is 2.07. The van der Waals surface area contributed by atoms with E-state index in [4.69, 9.17) is 0 Å². The van der Waals surface area contributed by atoms with Gasteiger partial charge < -0.3 is 5.32 Å². The van der Waals surface area contributed by atoms with Gasteiger partial charge in [0.1, 0.15) is 17.4 Å². The van der Waals surface area contributed by atoms with Crippen molar-refractivity contribution in [3.05, 3.63) is 64.0 Å². The van der Waals surface area contributed by atoms with Crippen LogP contribution in [-0.4, -0.2) is 15.3 Å². The molecule has 0 radical (unpaired) electrons. The first-order chi connectivity index (χ1) is 11.6. The number of carbonyl (C=O) groups excluding carboxylic acids is 1. The van der Waals surface area contributed by atoms with Gasteiger partial charge in [-0.2, -0.15) is 5.26 Å². The van der Waals surface area contributed by atoms with Gasteiger partial charge in [-0.1, -0.05) is 25.5 Å². The number of aromatic nitrogens is 2. The summed E-state index contributed by atoms with van der Waals surface area (Å²) in [6.07, 6.45) is 3.43. The Morgan fingerprint density at radius 2 is 2.12 bits per heavy atom. The van der Waals surface area contributed by atoms with E-state index in [-0.39, 0.29) is 5.91 Å². The van der Waals surface area contributed by atoms with Crippen molar-refractivity contribution in [2.45, 2.75) is 19.8 Å². The van der Waals surface area contributed by atoms with Crippen LogP contribution in [0.5, 0.6) is 0 Å². The van der Waals surface area contributed by atoms with E-state index in [0.717, 1.165) is 22.2 Å². The van der Waals surface area contributed by atoms with Crippen LogP contribution in [0.3, 0.4) is 0 Å². The average Bonchev–Trinajstić information content (AvgIpc) is 2.93.